The van der Waals surface area contributed by atoms with E-state index in [2.05, 4.69) is 9.71 Å². The Morgan fingerprint density at radius 2 is 1.64 bits per heavy atom. The van der Waals surface area contributed by atoms with Gasteiger partial charge in [-0.05, 0) is 54.1 Å². The highest BCUT2D eigenvalue weighted by atomic mass is 35.5. The number of hydrazone groups is 1. The van der Waals surface area contributed by atoms with Crippen molar-refractivity contribution in [2.75, 3.05) is 17.0 Å². The first-order chi connectivity index (χ1) is 18.4. The molecule has 3 atom stereocenters. The van der Waals surface area contributed by atoms with Crippen molar-refractivity contribution in [3.63, 3.8) is 0 Å². The minimum absolute atomic E-state index is 0.00645. The summed E-state index contributed by atoms with van der Waals surface area (Å²) in [6.07, 6.45) is 1.50. The van der Waals surface area contributed by atoms with Crippen LogP contribution >= 0.6 is 11.6 Å². The molecule has 3 aromatic rings. The zero-order valence-electron chi connectivity index (χ0n) is 21.2. The minimum atomic E-state index is -4.07. The van der Waals surface area contributed by atoms with Crippen molar-refractivity contribution in [3.05, 3.63) is 95.3 Å². The predicted octanol–water partition coefficient (Wildman–Crippen LogP) is 3.99. The molecule has 3 aromatic carbocycles. The largest absolute Gasteiger partial charge is 0.263 e. The average Bonchev–Trinajstić information content (AvgIpc) is 3.28. The lowest BCUT2D eigenvalue weighted by molar-refractivity contribution is -0.573. The van der Waals surface area contributed by atoms with E-state index in [1.165, 1.54) is 36.4 Å². The first kappa shape index (κ1) is 27.3. The molecule has 0 fully saturated rings. The molecule has 1 N–H and O–H groups in total. The van der Waals surface area contributed by atoms with Crippen LogP contribution in [-0.2, 0) is 19.9 Å². The van der Waals surface area contributed by atoms with Crippen molar-refractivity contribution in [1.29, 1.82) is 0 Å². The summed E-state index contributed by atoms with van der Waals surface area (Å²) in [7, 11) is -7.54. The average molecular weight is 590 g/mol. The Bertz CT molecular complexity index is 1660. The fraction of sp³-hybridized carbons (Fsp3) is 0.259. The summed E-state index contributed by atoms with van der Waals surface area (Å²) in [5.74, 6) is -0.600. The molecular formula is C27H27ClFN4O4S2+. The second kappa shape index (κ2) is 10.4. The molecule has 39 heavy (non-hydrogen) atoms. The van der Waals surface area contributed by atoms with E-state index in [9.17, 15) is 21.2 Å². The molecule has 12 heteroatoms. The highest BCUT2D eigenvalue weighted by Gasteiger charge is 2.51. The van der Waals surface area contributed by atoms with Gasteiger partial charge in [0.15, 0.2) is 0 Å². The molecule has 0 saturated heterocycles. The van der Waals surface area contributed by atoms with Crippen LogP contribution in [-0.4, -0.2) is 57.2 Å². The first-order valence-electron chi connectivity index (χ1n) is 12.2. The zero-order valence-corrected chi connectivity index (χ0v) is 23.6. The van der Waals surface area contributed by atoms with Crippen LogP contribution in [0.5, 0.6) is 0 Å². The molecule has 2 heterocycles. The van der Waals surface area contributed by atoms with Crippen molar-refractivity contribution in [3.8, 4) is 0 Å². The van der Waals surface area contributed by atoms with Crippen LogP contribution in [0.4, 0.5) is 10.1 Å². The number of halogens is 2. The maximum Gasteiger partial charge on any atom is 0.263 e. The van der Waals surface area contributed by atoms with Crippen LogP contribution in [0.25, 0.3) is 0 Å². The van der Waals surface area contributed by atoms with E-state index in [0.717, 1.165) is 11.8 Å². The maximum atomic E-state index is 13.9. The third-order valence-electron chi connectivity index (χ3n) is 6.81. The number of benzene rings is 3. The molecule has 0 aromatic heterocycles. The molecule has 0 spiro atoms. The SMILES string of the molecule is CC1C(CS(C)(=O)=O)N=C(NS(=O)(=O)c2ccc(Cl)cc2)C2=[N+]1N(c1ccc(F)cc1)C(c1ccccc1)C2. The lowest BCUT2D eigenvalue weighted by Gasteiger charge is -2.29. The molecule has 3 unspecified atom stereocenters. The lowest BCUT2D eigenvalue weighted by Crippen LogP contribution is -2.53. The van der Waals surface area contributed by atoms with Gasteiger partial charge in [-0.3, -0.25) is 9.71 Å². The van der Waals surface area contributed by atoms with E-state index in [1.807, 2.05) is 46.9 Å². The van der Waals surface area contributed by atoms with Gasteiger partial charge in [0.1, 0.15) is 27.7 Å². The Hall–Kier alpha value is -3.28. The van der Waals surface area contributed by atoms with Gasteiger partial charge in [-0.25, -0.2) is 21.2 Å². The maximum absolute atomic E-state index is 13.9. The van der Waals surface area contributed by atoms with Crippen molar-refractivity contribution in [1.82, 2.24) is 4.72 Å². The first-order valence-corrected chi connectivity index (χ1v) is 16.1. The second-order valence-electron chi connectivity index (χ2n) is 9.68. The molecule has 0 radical (unpaired) electrons. The molecule has 0 bridgehead atoms. The number of hydrogen-bond acceptors (Lipinski definition) is 6. The summed E-state index contributed by atoms with van der Waals surface area (Å²) < 4.78 is 69.8. The molecule has 2 aliphatic rings. The van der Waals surface area contributed by atoms with E-state index < -0.39 is 37.8 Å². The summed E-state index contributed by atoms with van der Waals surface area (Å²) in [5, 5.41) is 2.36. The highest BCUT2D eigenvalue weighted by molar-refractivity contribution is 7.90. The summed E-state index contributed by atoms with van der Waals surface area (Å²) in [5.41, 5.74) is 2.21. The van der Waals surface area contributed by atoms with E-state index in [-0.39, 0.29) is 22.5 Å². The normalized spacial score (nSPS) is 21.5. The van der Waals surface area contributed by atoms with Crippen LogP contribution in [0.2, 0.25) is 5.02 Å². The number of nitrogens with zero attached hydrogens (tertiary/aromatic N) is 3. The topological polar surface area (TPSA) is 98.9 Å². The molecule has 2 aliphatic heterocycles. The van der Waals surface area contributed by atoms with Gasteiger partial charge in [0, 0.05) is 18.2 Å². The number of aliphatic imine (C=N–C) groups is 1. The monoisotopic (exact) mass is 589 g/mol. The smallest absolute Gasteiger partial charge is 0.258 e. The molecule has 0 aliphatic carbocycles. The third-order valence-corrected chi connectivity index (χ3v) is 9.36. The molecule has 5 rings (SSSR count). The van der Waals surface area contributed by atoms with Gasteiger partial charge >= 0.3 is 0 Å². The number of hydrogen-bond donors (Lipinski definition) is 1. The van der Waals surface area contributed by atoms with Crippen molar-refractivity contribution >= 4 is 48.7 Å². The molecule has 0 amide bonds. The fourth-order valence-corrected chi connectivity index (χ4v) is 7.14. The van der Waals surface area contributed by atoms with E-state index in [4.69, 9.17) is 11.6 Å². The Morgan fingerprint density at radius 3 is 2.26 bits per heavy atom. The van der Waals surface area contributed by atoms with Gasteiger partial charge < -0.3 is 0 Å². The van der Waals surface area contributed by atoms with Gasteiger partial charge in [-0.2, -0.15) is 0 Å². The van der Waals surface area contributed by atoms with Gasteiger partial charge in [-0.1, -0.05) is 41.9 Å². The van der Waals surface area contributed by atoms with E-state index in [1.54, 1.807) is 12.1 Å². The number of amidine groups is 1. The third kappa shape index (κ3) is 5.70. The van der Waals surface area contributed by atoms with E-state index in [0.29, 0.717) is 22.8 Å². The number of anilines is 1. The molecular weight excluding hydrogens is 563 g/mol. The predicted molar refractivity (Wildman–Crippen MR) is 150 cm³/mol. The molecule has 8 nitrogen and oxygen atoms in total. The highest BCUT2D eigenvalue weighted by Crippen LogP contribution is 2.38. The fourth-order valence-electron chi connectivity index (χ4n) is 5.01. The number of sulfonamides is 1. The second-order valence-corrected chi connectivity index (χ2v) is 14.0. The van der Waals surface area contributed by atoms with Gasteiger partial charge in [0.2, 0.25) is 11.9 Å². The quantitative estimate of drug-likeness (QED) is 0.438. The Morgan fingerprint density at radius 1 is 1.00 bits per heavy atom. The molecule has 0 saturated carbocycles. The number of rotatable bonds is 6. The summed E-state index contributed by atoms with van der Waals surface area (Å²) >= 11 is 5.95. The lowest BCUT2D eigenvalue weighted by atomic mass is 10.0. The standard InChI is InChI=1S/C27H27ClFN4O4S2/c1-18-24(17-38(2,34)35)30-27(31-39(36,37)23-14-8-20(28)9-15-23)26-16-25(19-6-4-3-5-7-19)33(32(18)26)22-12-10-21(29)11-13-22/h3-15,18,24-25H,16-17H2,1-2H3,(H,30,31)/q+1. The van der Waals surface area contributed by atoms with Gasteiger partial charge in [0.05, 0.1) is 22.8 Å². The zero-order chi connectivity index (χ0) is 27.9. The summed E-state index contributed by atoms with van der Waals surface area (Å²) in [4.78, 5) is 4.64. The van der Waals surface area contributed by atoms with E-state index >= 15 is 0 Å². The van der Waals surface area contributed by atoms with Gasteiger partial charge in [-0.15, -0.1) is 9.69 Å². The number of sulfone groups is 1. The van der Waals surface area contributed by atoms with Crippen molar-refractivity contribution in [2.24, 2.45) is 4.99 Å². The van der Waals surface area contributed by atoms with Crippen LogP contribution in [0.3, 0.4) is 0 Å². The van der Waals surface area contributed by atoms with Crippen molar-refractivity contribution < 1.29 is 25.9 Å². The Kier molecular flexibility index (Phi) is 7.25. The van der Waals surface area contributed by atoms with Crippen molar-refractivity contribution in [2.45, 2.75) is 36.4 Å². The minimum Gasteiger partial charge on any atom is -0.258 e. The van der Waals surface area contributed by atoms with Crippen LogP contribution < -0.4 is 9.73 Å². The molecule has 204 valence electrons. The number of hydrazine groups is 1. The van der Waals surface area contributed by atoms with Crippen LogP contribution in [0, 0.1) is 5.82 Å². The van der Waals surface area contributed by atoms with Crippen LogP contribution in [0.15, 0.2) is 88.8 Å². The summed E-state index contributed by atoms with van der Waals surface area (Å²) in [6.45, 7) is 1.85. The summed E-state index contributed by atoms with van der Waals surface area (Å²) in [6, 6.07) is 19.9. The number of nitrogens with one attached hydrogen (secondary N) is 1. The Labute approximate surface area is 232 Å². The van der Waals surface area contributed by atoms with Crippen LogP contribution in [0.1, 0.15) is 24.9 Å². The Balaban J connectivity index is 1.65. The van der Waals surface area contributed by atoms with Gasteiger partial charge in [0.25, 0.3) is 15.7 Å².